The maximum absolute atomic E-state index is 13.8. The maximum Gasteiger partial charge on any atom is 0.335 e. The number of carboxylic acids is 1. The smallest absolute Gasteiger partial charge is 0.335 e. The van der Waals surface area contributed by atoms with Crippen molar-refractivity contribution in [1.82, 2.24) is 0 Å². The molecule has 5 rings (SSSR count). The lowest BCUT2D eigenvalue weighted by Crippen LogP contribution is -2.57. The Balaban J connectivity index is 1.60. The van der Waals surface area contributed by atoms with Crippen LogP contribution in [0.15, 0.2) is 88.9 Å². The number of carbonyl (C=O) groups excluding carboxylic acids is 2. The highest BCUT2D eigenvalue weighted by Crippen LogP contribution is 2.33. The normalized spacial score (nSPS) is 14.8. The molecule has 194 valence electrons. The average Bonchev–Trinajstić information content (AvgIpc) is 3.38. The fraction of sp³-hybridized carbons (Fsp3) is 0.0667. The van der Waals surface area contributed by atoms with Crippen LogP contribution in [0.5, 0.6) is 0 Å². The molecule has 39 heavy (non-hydrogen) atoms. The van der Waals surface area contributed by atoms with Crippen molar-refractivity contribution in [3.63, 3.8) is 0 Å². The van der Waals surface area contributed by atoms with E-state index >= 15 is 0 Å². The van der Waals surface area contributed by atoms with E-state index in [2.05, 4.69) is 0 Å². The topological polar surface area (TPSA) is 91.1 Å². The molecule has 4 aromatic rings. The molecule has 1 aliphatic rings. The van der Waals surface area contributed by atoms with E-state index in [-0.39, 0.29) is 27.8 Å². The molecule has 0 bridgehead atoms. The molecule has 2 amide bonds. The van der Waals surface area contributed by atoms with E-state index in [9.17, 15) is 19.5 Å². The molecule has 0 radical (unpaired) electrons. The summed E-state index contributed by atoms with van der Waals surface area (Å²) in [7, 11) is 0. The van der Waals surface area contributed by atoms with Crippen LogP contribution in [0.1, 0.15) is 27.2 Å². The second-order valence-corrected chi connectivity index (χ2v) is 9.70. The minimum absolute atomic E-state index is 0.0361. The number of nitrogens with zero attached hydrogens (tertiary/aromatic N) is 2. The van der Waals surface area contributed by atoms with Gasteiger partial charge in [-0.3, -0.25) is 19.4 Å². The van der Waals surface area contributed by atoms with Gasteiger partial charge in [-0.15, -0.1) is 0 Å². The number of amides is 2. The van der Waals surface area contributed by atoms with Gasteiger partial charge in [0, 0.05) is 5.56 Å². The lowest BCUT2D eigenvalue weighted by atomic mass is 10.1. The van der Waals surface area contributed by atoms with Crippen LogP contribution in [0, 0.1) is 13.8 Å². The lowest BCUT2D eigenvalue weighted by molar-refractivity contribution is -0.120. The Bertz CT molecular complexity index is 1690. The van der Waals surface area contributed by atoms with Crippen LogP contribution < -0.4 is 9.80 Å². The first kappa shape index (κ1) is 26.1. The number of aryl methyl sites for hydroxylation is 2. The van der Waals surface area contributed by atoms with Gasteiger partial charge in [-0.1, -0.05) is 35.9 Å². The number of aromatic carboxylic acids is 1. The summed E-state index contributed by atoms with van der Waals surface area (Å²) in [5.41, 5.74) is 3.31. The number of anilines is 2. The van der Waals surface area contributed by atoms with Gasteiger partial charge in [-0.25, -0.2) is 4.79 Å². The molecule has 1 saturated heterocycles. The predicted octanol–water partition coefficient (Wildman–Crippen LogP) is 6.66. The van der Waals surface area contributed by atoms with Gasteiger partial charge in [0.1, 0.15) is 17.1 Å². The third-order valence-corrected chi connectivity index (χ3v) is 7.10. The lowest BCUT2D eigenvalue weighted by Gasteiger charge is -2.36. The Kier molecular flexibility index (Phi) is 6.91. The highest BCUT2D eigenvalue weighted by atomic mass is 35.5. The van der Waals surface area contributed by atoms with Gasteiger partial charge in [0.2, 0.25) is 0 Å². The van der Waals surface area contributed by atoms with E-state index < -0.39 is 17.8 Å². The van der Waals surface area contributed by atoms with E-state index in [0.717, 1.165) is 11.1 Å². The molecular weight excluding hydrogens is 536 g/mol. The quantitative estimate of drug-likeness (QED) is 0.168. The van der Waals surface area contributed by atoms with Crippen molar-refractivity contribution >= 4 is 64.2 Å². The molecule has 1 N–H and O–H groups in total. The van der Waals surface area contributed by atoms with E-state index in [1.54, 1.807) is 42.5 Å². The number of hydrogen-bond acceptors (Lipinski definition) is 5. The fourth-order valence-electron chi connectivity index (χ4n) is 4.19. The van der Waals surface area contributed by atoms with Crippen molar-refractivity contribution in [2.24, 2.45) is 0 Å². The Morgan fingerprint density at radius 1 is 0.872 bits per heavy atom. The number of furan rings is 1. The van der Waals surface area contributed by atoms with Gasteiger partial charge in [0.05, 0.1) is 22.0 Å². The first-order valence-corrected chi connectivity index (χ1v) is 12.6. The molecule has 1 fully saturated rings. The van der Waals surface area contributed by atoms with Crippen molar-refractivity contribution < 1.29 is 23.9 Å². The van der Waals surface area contributed by atoms with Crippen molar-refractivity contribution in [3.05, 3.63) is 112 Å². The fourth-order valence-corrected chi connectivity index (χ4v) is 4.78. The monoisotopic (exact) mass is 556 g/mol. The minimum Gasteiger partial charge on any atom is -0.478 e. The first-order valence-electron chi connectivity index (χ1n) is 11.9. The van der Waals surface area contributed by atoms with E-state index in [0.29, 0.717) is 22.0 Å². The molecule has 1 aromatic heterocycles. The van der Waals surface area contributed by atoms with Crippen LogP contribution in [0.3, 0.4) is 0 Å². The highest BCUT2D eigenvalue weighted by molar-refractivity contribution is 7.81. The molecule has 2 heterocycles. The minimum atomic E-state index is -1.11. The second kappa shape index (κ2) is 10.3. The maximum atomic E-state index is 13.8. The zero-order valence-electron chi connectivity index (χ0n) is 20.8. The summed E-state index contributed by atoms with van der Waals surface area (Å²) in [4.78, 5) is 41.5. The molecule has 0 unspecified atom stereocenters. The third kappa shape index (κ3) is 4.87. The van der Waals surface area contributed by atoms with Crippen LogP contribution in [-0.4, -0.2) is 28.0 Å². The van der Waals surface area contributed by atoms with Gasteiger partial charge >= 0.3 is 5.97 Å². The Labute approximate surface area is 234 Å². The molecular formula is C30H21ClN2O5S. The van der Waals surface area contributed by atoms with Gasteiger partial charge in [0.15, 0.2) is 5.11 Å². The van der Waals surface area contributed by atoms with Crippen LogP contribution >= 0.6 is 23.8 Å². The number of halogens is 1. The van der Waals surface area contributed by atoms with Gasteiger partial charge in [-0.2, -0.15) is 0 Å². The zero-order chi connectivity index (χ0) is 27.8. The predicted molar refractivity (Wildman–Crippen MR) is 154 cm³/mol. The van der Waals surface area contributed by atoms with Crippen molar-refractivity contribution in [2.45, 2.75) is 13.8 Å². The third-order valence-electron chi connectivity index (χ3n) is 6.40. The van der Waals surface area contributed by atoms with Crippen LogP contribution in [0.4, 0.5) is 11.4 Å². The summed E-state index contributed by atoms with van der Waals surface area (Å²) in [5, 5.41) is 9.67. The number of carboxylic acid groups (broad SMARTS) is 1. The molecule has 1 aliphatic heterocycles. The van der Waals surface area contributed by atoms with Gasteiger partial charge in [-0.05, 0) is 97.9 Å². The van der Waals surface area contributed by atoms with Crippen molar-refractivity contribution in [2.75, 3.05) is 9.80 Å². The summed E-state index contributed by atoms with van der Waals surface area (Å²) < 4.78 is 5.90. The van der Waals surface area contributed by atoms with Gasteiger partial charge < -0.3 is 9.52 Å². The second-order valence-electron chi connectivity index (χ2n) is 8.93. The molecule has 0 aliphatic carbocycles. The Hall–Kier alpha value is -4.53. The van der Waals surface area contributed by atoms with E-state index in [1.165, 1.54) is 34.1 Å². The first-order chi connectivity index (χ1) is 18.7. The Morgan fingerprint density at radius 3 is 2.23 bits per heavy atom. The molecule has 0 atom stereocenters. The number of thiocarbonyl (C=S) groups is 1. The van der Waals surface area contributed by atoms with Crippen LogP contribution in [0.25, 0.3) is 17.4 Å². The van der Waals surface area contributed by atoms with Gasteiger partial charge in [0.25, 0.3) is 11.8 Å². The van der Waals surface area contributed by atoms with Crippen LogP contribution in [-0.2, 0) is 9.59 Å². The molecule has 7 nitrogen and oxygen atoms in total. The molecule has 0 spiro atoms. The van der Waals surface area contributed by atoms with E-state index in [1.807, 2.05) is 32.0 Å². The Morgan fingerprint density at radius 2 is 1.56 bits per heavy atom. The van der Waals surface area contributed by atoms with Crippen molar-refractivity contribution in [1.29, 1.82) is 0 Å². The number of benzene rings is 3. The number of hydrogen-bond donors (Lipinski definition) is 1. The SMILES string of the molecule is Cc1ccc(N2C(=O)/C(=C\c3ccc(-c4cc(C(=O)O)ccc4Cl)o3)C(=O)N(c3ccccc3)C2=S)cc1C. The summed E-state index contributed by atoms with van der Waals surface area (Å²) in [6.45, 7) is 3.90. The largest absolute Gasteiger partial charge is 0.478 e. The van der Waals surface area contributed by atoms with E-state index in [4.69, 9.17) is 28.2 Å². The molecule has 3 aromatic carbocycles. The highest BCUT2D eigenvalue weighted by Gasteiger charge is 2.41. The summed E-state index contributed by atoms with van der Waals surface area (Å²) in [6.07, 6.45) is 1.36. The zero-order valence-corrected chi connectivity index (χ0v) is 22.4. The van der Waals surface area contributed by atoms with Crippen molar-refractivity contribution in [3.8, 4) is 11.3 Å². The standard InChI is InChI=1S/C30H21ClN2O5S/c1-17-8-10-21(14-18(17)2)33-28(35)24(27(34)32(30(33)39)20-6-4-3-5-7-20)16-22-11-13-26(38-22)23-15-19(29(36)37)9-12-25(23)31/h3-16H,1-2H3,(H,36,37)/b24-16-. The number of rotatable bonds is 5. The molecule has 9 heteroatoms. The summed E-state index contributed by atoms with van der Waals surface area (Å²) in [6, 6.07) is 21.8. The molecule has 0 saturated carbocycles. The average molecular weight is 557 g/mol. The number of carbonyl (C=O) groups is 3. The summed E-state index contributed by atoms with van der Waals surface area (Å²) >= 11 is 12.0. The summed E-state index contributed by atoms with van der Waals surface area (Å²) in [5.74, 6) is -1.81. The number of para-hydroxylation sites is 1. The van der Waals surface area contributed by atoms with Crippen LogP contribution in [0.2, 0.25) is 5.02 Å².